The van der Waals surface area contributed by atoms with Gasteiger partial charge in [0.2, 0.25) is 0 Å². The Morgan fingerprint density at radius 3 is 2.53 bits per heavy atom. The summed E-state index contributed by atoms with van der Waals surface area (Å²) in [4.78, 5) is 11.7. The molecule has 80 valence electrons. The van der Waals surface area contributed by atoms with Crippen molar-refractivity contribution in [2.45, 2.75) is 13.3 Å². The average Bonchev–Trinajstić information content (AvgIpc) is 2.18. The number of carbonyl (C=O) groups excluding carboxylic acids is 1. The second-order valence-electron chi connectivity index (χ2n) is 2.91. The molecule has 0 saturated heterocycles. The van der Waals surface area contributed by atoms with Gasteiger partial charge in [0.15, 0.2) is 5.78 Å². The van der Waals surface area contributed by atoms with Gasteiger partial charge in [-0.1, -0.05) is 47.2 Å². The second kappa shape index (κ2) is 6.40. The minimum absolute atomic E-state index is 0.0912. The Morgan fingerprint density at radius 1 is 1.40 bits per heavy atom. The molecule has 1 aromatic rings. The zero-order valence-corrected chi connectivity index (χ0v) is 11.5. The SMILES string of the molecule is CCSC(=S)CC(=O)c1ccc(Br)cc1. The lowest BCUT2D eigenvalue weighted by atomic mass is 10.1. The van der Waals surface area contributed by atoms with Crippen LogP contribution in [0.5, 0.6) is 0 Å². The maximum absolute atomic E-state index is 11.7. The standard InChI is InChI=1S/C11H11BrOS2/c1-2-15-11(14)7-10(13)8-3-5-9(12)6-4-8/h3-6H,2,7H2,1H3. The molecule has 0 aliphatic carbocycles. The van der Waals surface area contributed by atoms with Crippen LogP contribution in [0.25, 0.3) is 0 Å². The minimum atomic E-state index is 0.0912. The highest BCUT2D eigenvalue weighted by Gasteiger charge is 2.08. The number of Topliss-reactive ketones (excluding diaryl/α,β-unsaturated/α-hetero) is 1. The van der Waals surface area contributed by atoms with E-state index in [2.05, 4.69) is 15.9 Å². The fourth-order valence-corrected chi connectivity index (χ4v) is 2.39. The molecule has 0 amide bonds. The molecule has 0 spiro atoms. The van der Waals surface area contributed by atoms with E-state index in [0.717, 1.165) is 20.0 Å². The summed E-state index contributed by atoms with van der Waals surface area (Å²) in [7, 11) is 0. The third kappa shape index (κ3) is 4.45. The van der Waals surface area contributed by atoms with E-state index in [1.54, 1.807) is 11.8 Å². The van der Waals surface area contributed by atoms with Gasteiger partial charge in [0.05, 0.1) is 10.6 Å². The van der Waals surface area contributed by atoms with E-state index in [1.807, 2.05) is 31.2 Å². The van der Waals surface area contributed by atoms with Gasteiger partial charge < -0.3 is 0 Å². The molecule has 0 aliphatic heterocycles. The summed E-state index contributed by atoms with van der Waals surface area (Å²) in [6.07, 6.45) is 0.357. The first-order valence-electron chi connectivity index (χ1n) is 4.58. The Hall–Kier alpha value is -0.190. The molecule has 1 nitrogen and oxygen atoms in total. The lowest BCUT2D eigenvalue weighted by Gasteiger charge is -2.01. The van der Waals surface area contributed by atoms with Crippen molar-refractivity contribution in [2.24, 2.45) is 0 Å². The summed E-state index contributed by atoms with van der Waals surface area (Å²) in [5.41, 5.74) is 0.720. The van der Waals surface area contributed by atoms with Crippen LogP contribution in [0.4, 0.5) is 0 Å². The average molecular weight is 303 g/mol. The molecule has 0 fully saturated rings. The number of rotatable bonds is 4. The van der Waals surface area contributed by atoms with Gasteiger partial charge in [-0.2, -0.15) is 0 Å². The van der Waals surface area contributed by atoms with Crippen molar-refractivity contribution in [1.29, 1.82) is 0 Å². The Morgan fingerprint density at radius 2 is 2.00 bits per heavy atom. The van der Waals surface area contributed by atoms with E-state index in [4.69, 9.17) is 12.2 Å². The Kier molecular flexibility index (Phi) is 5.50. The molecule has 0 unspecified atom stereocenters. The lowest BCUT2D eigenvalue weighted by Crippen LogP contribution is -2.03. The number of thiocarbonyl (C=S) groups is 1. The number of thioether (sulfide) groups is 1. The van der Waals surface area contributed by atoms with E-state index in [1.165, 1.54) is 0 Å². The molecule has 0 bridgehead atoms. The number of ketones is 1. The molecule has 0 radical (unpaired) electrons. The zero-order chi connectivity index (χ0) is 11.3. The van der Waals surface area contributed by atoms with Gasteiger partial charge in [-0.25, -0.2) is 0 Å². The fraction of sp³-hybridized carbons (Fsp3) is 0.273. The first-order valence-corrected chi connectivity index (χ1v) is 6.76. The summed E-state index contributed by atoms with van der Waals surface area (Å²) >= 11 is 9.98. The van der Waals surface area contributed by atoms with E-state index in [-0.39, 0.29) is 5.78 Å². The largest absolute Gasteiger partial charge is 0.294 e. The van der Waals surface area contributed by atoms with E-state index < -0.39 is 0 Å². The minimum Gasteiger partial charge on any atom is -0.294 e. The molecule has 15 heavy (non-hydrogen) atoms. The molecular formula is C11H11BrOS2. The number of carbonyl (C=O) groups is 1. The molecule has 1 rings (SSSR count). The molecule has 1 aromatic carbocycles. The predicted molar refractivity (Wildman–Crippen MR) is 73.8 cm³/mol. The van der Waals surface area contributed by atoms with Crippen molar-refractivity contribution < 1.29 is 4.79 Å². The highest BCUT2D eigenvalue weighted by molar-refractivity contribution is 9.10. The summed E-state index contributed by atoms with van der Waals surface area (Å²) in [5, 5.41) is 0. The van der Waals surface area contributed by atoms with Gasteiger partial charge in [0.25, 0.3) is 0 Å². The van der Waals surface area contributed by atoms with Crippen molar-refractivity contribution >= 4 is 49.9 Å². The van der Waals surface area contributed by atoms with Crippen LogP contribution in [0.3, 0.4) is 0 Å². The monoisotopic (exact) mass is 302 g/mol. The fourth-order valence-electron chi connectivity index (χ4n) is 1.08. The molecule has 0 saturated carbocycles. The van der Waals surface area contributed by atoms with Crippen LogP contribution in [0, 0.1) is 0 Å². The zero-order valence-electron chi connectivity index (χ0n) is 8.33. The van der Waals surface area contributed by atoms with Gasteiger partial charge in [-0.15, -0.1) is 11.8 Å². The van der Waals surface area contributed by atoms with Crippen molar-refractivity contribution in [3.8, 4) is 0 Å². The van der Waals surface area contributed by atoms with Gasteiger partial charge >= 0.3 is 0 Å². The summed E-state index contributed by atoms with van der Waals surface area (Å²) in [6, 6.07) is 7.35. The van der Waals surface area contributed by atoms with Gasteiger partial charge in [0, 0.05) is 10.0 Å². The third-order valence-corrected chi connectivity index (χ3v) is 3.56. The van der Waals surface area contributed by atoms with Crippen LogP contribution in [-0.4, -0.2) is 15.7 Å². The van der Waals surface area contributed by atoms with E-state index in [0.29, 0.717) is 6.42 Å². The van der Waals surface area contributed by atoms with Gasteiger partial charge in [0.1, 0.15) is 0 Å². The molecule has 0 atom stereocenters. The molecule has 0 aliphatic rings. The highest BCUT2D eigenvalue weighted by atomic mass is 79.9. The van der Waals surface area contributed by atoms with Gasteiger partial charge in [-0.3, -0.25) is 4.79 Å². The first kappa shape index (κ1) is 12.9. The number of benzene rings is 1. The van der Waals surface area contributed by atoms with Crippen LogP contribution in [-0.2, 0) is 0 Å². The molecule has 4 heteroatoms. The Bertz CT molecular complexity index is 359. The maximum atomic E-state index is 11.7. The number of halogens is 1. The smallest absolute Gasteiger partial charge is 0.168 e. The molecule has 0 N–H and O–H groups in total. The lowest BCUT2D eigenvalue weighted by molar-refractivity contribution is 0.100. The van der Waals surface area contributed by atoms with Crippen LogP contribution < -0.4 is 0 Å². The topological polar surface area (TPSA) is 17.1 Å². The van der Waals surface area contributed by atoms with E-state index >= 15 is 0 Å². The van der Waals surface area contributed by atoms with Crippen molar-refractivity contribution in [3.63, 3.8) is 0 Å². The molecular weight excluding hydrogens is 292 g/mol. The Balaban J connectivity index is 2.61. The van der Waals surface area contributed by atoms with Crippen molar-refractivity contribution in [3.05, 3.63) is 34.3 Å². The summed E-state index contributed by atoms with van der Waals surface area (Å²) < 4.78 is 1.75. The second-order valence-corrected chi connectivity index (χ2v) is 5.94. The summed E-state index contributed by atoms with van der Waals surface area (Å²) in [6.45, 7) is 2.03. The highest BCUT2D eigenvalue weighted by Crippen LogP contribution is 2.14. The number of hydrogen-bond donors (Lipinski definition) is 0. The first-order chi connectivity index (χ1) is 7.13. The van der Waals surface area contributed by atoms with Crippen molar-refractivity contribution in [1.82, 2.24) is 0 Å². The molecule has 0 heterocycles. The van der Waals surface area contributed by atoms with E-state index in [9.17, 15) is 4.79 Å². The quantitative estimate of drug-likeness (QED) is 0.616. The summed E-state index contributed by atoms with van der Waals surface area (Å²) in [5.74, 6) is 1.01. The predicted octanol–water partition coefficient (Wildman–Crippen LogP) is 4.10. The normalized spacial score (nSPS) is 10.0. The van der Waals surface area contributed by atoms with Crippen molar-refractivity contribution in [2.75, 3.05) is 5.75 Å². The third-order valence-electron chi connectivity index (χ3n) is 1.78. The van der Waals surface area contributed by atoms with Crippen LogP contribution in [0.2, 0.25) is 0 Å². The maximum Gasteiger partial charge on any atom is 0.168 e. The van der Waals surface area contributed by atoms with Crippen LogP contribution >= 0.6 is 39.9 Å². The van der Waals surface area contributed by atoms with Crippen LogP contribution in [0.15, 0.2) is 28.7 Å². The molecule has 0 aromatic heterocycles. The Labute approximate surface area is 108 Å². The van der Waals surface area contributed by atoms with Gasteiger partial charge in [-0.05, 0) is 17.9 Å². The number of hydrogen-bond acceptors (Lipinski definition) is 3. The van der Waals surface area contributed by atoms with Crippen LogP contribution in [0.1, 0.15) is 23.7 Å².